The number of tetrazole rings is 1. The summed E-state index contributed by atoms with van der Waals surface area (Å²) in [6, 6.07) is 8.02. The zero-order valence-electron chi connectivity index (χ0n) is 13.2. The second kappa shape index (κ2) is 7.51. The molecule has 3 rings (SSSR count). The first-order valence-corrected chi connectivity index (χ1v) is 7.66. The second-order valence-corrected chi connectivity index (χ2v) is 5.38. The number of amides is 3. The summed E-state index contributed by atoms with van der Waals surface area (Å²) in [6.45, 7) is 0.134. The summed E-state index contributed by atoms with van der Waals surface area (Å²) in [7, 11) is 0. The lowest BCUT2D eigenvalue weighted by Gasteiger charge is -2.17. The lowest BCUT2D eigenvalue weighted by molar-refractivity contribution is -0.154. The van der Waals surface area contributed by atoms with E-state index in [9.17, 15) is 14.4 Å². The van der Waals surface area contributed by atoms with Crippen molar-refractivity contribution in [3.63, 3.8) is 0 Å². The summed E-state index contributed by atoms with van der Waals surface area (Å²) in [5, 5.41) is 13.3. The molecule has 2 aromatic rings. The van der Waals surface area contributed by atoms with Gasteiger partial charge in [-0.05, 0) is 16.0 Å². The Morgan fingerprint density at radius 2 is 2.08 bits per heavy atom. The van der Waals surface area contributed by atoms with Crippen LogP contribution in [0.1, 0.15) is 11.6 Å². The van der Waals surface area contributed by atoms with Gasteiger partial charge in [-0.2, -0.15) is 0 Å². The average Bonchev–Trinajstić information content (AvgIpc) is 3.30. The Bertz CT molecular complexity index is 749. The van der Waals surface area contributed by atoms with Gasteiger partial charge in [0.1, 0.15) is 6.33 Å². The van der Waals surface area contributed by atoms with Gasteiger partial charge in [-0.1, -0.05) is 30.3 Å². The fourth-order valence-electron chi connectivity index (χ4n) is 2.45. The minimum Gasteiger partial charge on any atom is -0.454 e. The summed E-state index contributed by atoms with van der Waals surface area (Å²) < 4.78 is 6.38. The van der Waals surface area contributed by atoms with E-state index >= 15 is 0 Å². The second-order valence-electron chi connectivity index (χ2n) is 5.38. The molecule has 0 radical (unpaired) electrons. The van der Waals surface area contributed by atoms with Gasteiger partial charge in [0.25, 0.3) is 5.91 Å². The maximum Gasteiger partial charge on any atom is 0.331 e. The Kier molecular flexibility index (Phi) is 4.97. The van der Waals surface area contributed by atoms with E-state index < -0.39 is 30.6 Å². The molecule has 0 spiro atoms. The maximum absolute atomic E-state index is 12.4. The van der Waals surface area contributed by atoms with E-state index in [0.29, 0.717) is 13.0 Å². The van der Waals surface area contributed by atoms with Crippen molar-refractivity contribution >= 4 is 17.9 Å². The van der Waals surface area contributed by atoms with Crippen LogP contribution in [-0.2, 0) is 20.7 Å². The van der Waals surface area contributed by atoms with Gasteiger partial charge in [0.05, 0.1) is 0 Å². The lowest BCUT2D eigenvalue weighted by atomic mass is 10.1. The van der Waals surface area contributed by atoms with Crippen molar-refractivity contribution < 1.29 is 19.1 Å². The van der Waals surface area contributed by atoms with Crippen LogP contribution in [0.5, 0.6) is 0 Å². The Labute approximate surface area is 142 Å². The van der Waals surface area contributed by atoms with Crippen molar-refractivity contribution in [3.8, 4) is 0 Å². The molecule has 0 unspecified atom stereocenters. The smallest absolute Gasteiger partial charge is 0.331 e. The molecule has 0 saturated carbocycles. The summed E-state index contributed by atoms with van der Waals surface area (Å²) in [5.41, 5.74) is 0.894. The van der Waals surface area contributed by atoms with Crippen LogP contribution in [0.2, 0.25) is 0 Å². The van der Waals surface area contributed by atoms with Crippen LogP contribution >= 0.6 is 0 Å². The molecular weight excluding hydrogens is 328 g/mol. The zero-order chi connectivity index (χ0) is 17.6. The number of esters is 1. The average molecular weight is 344 g/mol. The van der Waals surface area contributed by atoms with E-state index in [4.69, 9.17) is 4.74 Å². The highest BCUT2D eigenvalue weighted by molar-refractivity contribution is 5.97. The Hall–Kier alpha value is -3.30. The first kappa shape index (κ1) is 16.6. The molecule has 2 heterocycles. The fourth-order valence-corrected chi connectivity index (χ4v) is 2.45. The third-order valence-corrected chi connectivity index (χ3v) is 3.72. The van der Waals surface area contributed by atoms with Crippen LogP contribution in [0.15, 0.2) is 36.7 Å². The molecule has 0 bridgehead atoms. The van der Waals surface area contributed by atoms with Crippen molar-refractivity contribution in [1.82, 2.24) is 30.4 Å². The molecule has 1 fully saturated rings. The van der Waals surface area contributed by atoms with Crippen LogP contribution in [0.25, 0.3) is 0 Å². The highest BCUT2D eigenvalue weighted by Gasteiger charge is 2.29. The van der Waals surface area contributed by atoms with Gasteiger partial charge in [0.15, 0.2) is 12.6 Å². The van der Waals surface area contributed by atoms with E-state index in [2.05, 4.69) is 20.8 Å². The maximum atomic E-state index is 12.4. The number of carbonyl (C=O) groups is 3. The Morgan fingerprint density at radius 3 is 2.72 bits per heavy atom. The molecule has 1 aromatic carbocycles. The Morgan fingerprint density at radius 1 is 1.28 bits per heavy atom. The number of ether oxygens (including phenoxy) is 1. The molecule has 10 nitrogen and oxygen atoms in total. The molecule has 0 aliphatic carbocycles. The fraction of sp³-hybridized carbons (Fsp3) is 0.333. The molecule has 10 heteroatoms. The number of carbonyl (C=O) groups excluding carboxylic acids is 3. The molecule has 1 atom stereocenters. The molecule has 1 N–H and O–H groups in total. The topological polar surface area (TPSA) is 119 Å². The van der Waals surface area contributed by atoms with Crippen molar-refractivity contribution in [3.05, 3.63) is 42.2 Å². The number of benzene rings is 1. The first-order chi connectivity index (χ1) is 12.1. The van der Waals surface area contributed by atoms with Crippen LogP contribution in [0.3, 0.4) is 0 Å². The van der Waals surface area contributed by atoms with Crippen molar-refractivity contribution in [2.75, 3.05) is 19.7 Å². The zero-order valence-corrected chi connectivity index (χ0v) is 13.2. The van der Waals surface area contributed by atoms with E-state index in [1.807, 2.05) is 30.3 Å². The van der Waals surface area contributed by atoms with E-state index in [1.54, 1.807) is 0 Å². The molecule has 1 aliphatic heterocycles. The summed E-state index contributed by atoms with van der Waals surface area (Å²) in [4.78, 5) is 36.9. The molecule has 130 valence electrons. The summed E-state index contributed by atoms with van der Waals surface area (Å²) >= 11 is 0. The number of imide groups is 1. The number of hydrogen-bond acceptors (Lipinski definition) is 7. The van der Waals surface area contributed by atoms with Crippen LogP contribution in [0.4, 0.5) is 4.79 Å². The highest BCUT2D eigenvalue weighted by atomic mass is 16.5. The van der Waals surface area contributed by atoms with E-state index in [1.165, 1.54) is 11.0 Å². The number of hydrogen-bond donors (Lipinski definition) is 1. The number of urea groups is 1. The molecular formula is C15H16N6O4. The lowest BCUT2D eigenvalue weighted by Crippen LogP contribution is -2.38. The van der Waals surface area contributed by atoms with Gasteiger partial charge in [-0.3, -0.25) is 9.69 Å². The monoisotopic (exact) mass is 344 g/mol. The van der Waals surface area contributed by atoms with Gasteiger partial charge < -0.3 is 10.1 Å². The number of nitrogens with zero attached hydrogens (tertiary/aromatic N) is 5. The number of rotatable bonds is 6. The van der Waals surface area contributed by atoms with Gasteiger partial charge in [0.2, 0.25) is 0 Å². The van der Waals surface area contributed by atoms with Crippen LogP contribution in [-0.4, -0.2) is 62.7 Å². The molecule has 1 saturated heterocycles. The molecule has 1 aromatic heterocycles. The largest absolute Gasteiger partial charge is 0.454 e. The summed E-state index contributed by atoms with van der Waals surface area (Å²) in [6.07, 6.45) is 1.62. The minimum atomic E-state index is -0.808. The van der Waals surface area contributed by atoms with Crippen molar-refractivity contribution in [1.29, 1.82) is 0 Å². The standard InChI is InChI=1S/C15H16N6O4/c22-13(20-7-6-16-15(20)24)9-25-14(23)12(21-10-17-18-19-21)8-11-4-2-1-3-5-11/h1-5,10,12H,6-9H2,(H,16,24)/t12-/m1/s1. The van der Waals surface area contributed by atoms with Gasteiger partial charge in [-0.25, -0.2) is 14.3 Å². The third kappa shape index (κ3) is 3.97. The third-order valence-electron chi connectivity index (χ3n) is 3.72. The van der Waals surface area contributed by atoms with Crippen molar-refractivity contribution in [2.45, 2.75) is 12.5 Å². The number of aromatic nitrogens is 4. The highest BCUT2D eigenvalue weighted by Crippen LogP contribution is 2.15. The number of nitrogens with one attached hydrogen (secondary N) is 1. The normalized spacial score (nSPS) is 14.9. The molecule has 3 amide bonds. The van der Waals surface area contributed by atoms with Crippen LogP contribution in [0, 0.1) is 0 Å². The van der Waals surface area contributed by atoms with E-state index in [-0.39, 0.29) is 6.54 Å². The predicted molar refractivity (Wildman–Crippen MR) is 83.1 cm³/mol. The van der Waals surface area contributed by atoms with Crippen LogP contribution < -0.4 is 5.32 Å². The van der Waals surface area contributed by atoms with E-state index in [0.717, 1.165) is 10.5 Å². The molecule has 25 heavy (non-hydrogen) atoms. The van der Waals surface area contributed by atoms with Gasteiger partial charge in [0, 0.05) is 19.5 Å². The molecule has 1 aliphatic rings. The first-order valence-electron chi connectivity index (χ1n) is 7.66. The van der Waals surface area contributed by atoms with Crippen molar-refractivity contribution in [2.24, 2.45) is 0 Å². The van der Waals surface area contributed by atoms with Gasteiger partial charge in [-0.15, -0.1) is 5.10 Å². The summed E-state index contributed by atoms with van der Waals surface area (Å²) in [5.74, 6) is -1.22. The SMILES string of the molecule is O=C(OCC(=O)N1CCNC1=O)[C@@H](Cc1ccccc1)n1cnnn1. The quantitative estimate of drug-likeness (QED) is 0.705. The Balaban J connectivity index is 1.65. The van der Waals surface area contributed by atoms with Gasteiger partial charge >= 0.3 is 12.0 Å². The predicted octanol–water partition coefficient (Wildman–Crippen LogP) is -0.448. The minimum absolute atomic E-state index is 0.260.